The Morgan fingerprint density at radius 1 is 1.32 bits per heavy atom. The van der Waals surface area contributed by atoms with Crippen LogP contribution in [0, 0.1) is 0 Å². The summed E-state index contributed by atoms with van der Waals surface area (Å²) in [6, 6.07) is 0. The van der Waals surface area contributed by atoms with Gasteiger partial charge in [-0.1, -0.05) is 18.2 Å². The summed E-state index contributed by atoms with van der Waals surface area (Å²) >= 11 is 0. The van der Waals surface area contributed by atoms with Crippen LogP contribution in [-0.4, -0.2) is 40.2 Å². The van der Waals surface area contributed by atoms with Crippen molar-refractivity contribution in [3.63, 3.8) is 0 Å². The molecule has 2 aliphatic heterocycles. The number of hydrogen-bond acceptors (Lipinski definition) is 3. The van der Waals surface area contributed by atoms with E-state index in [9.17, 15) is 4.79 Å². The van der Waals surface area contributed by atoms with Gasteiger partial charge in [0.05, 0.1) is 24.1 Å². The minimum absolute atomic E-state index is 0.232. The first kappa shape index (κ1) is 15.0. The van der Waals surface area contributed by atoms with Crippen molar-refractivity contribution in [3.8, 4) is 0 Å². The molecule has 3 heterocycles. The van der Waals surface area contributed by atoms with Gasteiger partial charge in [-0.2, -0.15) is 5.10 Å². The number of nitrogens with zero attached hydrogens (tertiary/aromatic N) is 4. The van der Waals surface area contributed by atoms with E-state index in [1.165, 1.54) is 11.3 Å². The molecule has 1 saturated heterocycles. The van der Waals surface area contributed by atoms with E-state index in [0.717, 1.165) is 44.8 Å². The highest BCUT2D eigenvalue weighted by Crippen LogP contribution is 2.28. The van der Waals surface area contributed by atoms with Crippen molar-refractivity contribution in [2.75, 3.05) is 24.5 Å². The van der Waals surface area contributed by atoms with Crippen LogP contribution in [0.15, 0.2) is 30.0 Å². The Morgan fingerprint density at radius 2 is 2.18 bits per heavy atom. The van der Waals surface area contributed by atoms with Gasteiger partial charge in [-0.15, -0.1) is 0 Å². The summed E-state index contributed by atoms with van der Waals surface area (Å²) in [5.41, 5.74) is 3.52. The smallest absolute Gasteiger partial charge is 0.227 e. The standard InChI is InChI=1S/C17H24N4O/c1-3-6-14(4-2)12-19-9-10-21-16(13-19)15(11-18-21)20-8-5-7-17(20)22/h3-4,6,11H,5,7-10,12-13H2,1-2H3/b6-3-,14-4+. The molecule has 1 aromatic rings. The average molecular weight is 300 g/mol. The van der Waals surface area contributed by atoms with Gasteiger partial charge in [-0.05, 0) is 25.8 Å². The van der Waals surface area contributed by atoms with Crippen LogP contribution in [0.1, 0.15) is 32.4 Å². The second-order valence-corrected chi connectivity index (χ2v) is 5.92. The van der Waals surface area contributed by atoms with E-state index < -0.39 is 0 Å². The fraction of sp³-hybridized carbons (Fsp3) is 0.529. The Balaban J connectivity index is 1.77. The first-order valence-electron chi connectivity index (χ1n) is 8.08. The van der Waals surface area contributed by atoms with Gasteiger partial charge in [-0.3, -0.25) is 14.4 Å². The summed E-state index contributed by atoms with van der Waals surface area (Å²) in [6.07, 6.45) is 9.89. The van der Waals surface area contributed by atoms with Gasteiger partial charge in [0.15, 0.2) is 0 Å². The Bertz CT molecular complexity index is 614. The molecule has 0 atom stereocenters. The molecule has 3 rings (SSSR count). The summed E-state index contributed by atoms with van der Waals surface area (Å²) < 4.78 is 2.06. The molecule has 0 saturated carbocycles. The maximum atomic E-state index is 12.0. The van der Waals surface area contributed by atoms with Crippen molar-refractivity contribution in [2.45, 2.75) is 39.8 Å². The predicted molar refractivity (Wildman–Crippen MR) is 87.7 cm³/mol. The quantitative estimate of drug-likeness (QED) is 0.802. The van der Waals surface area contributed by atoms with E-state index in [1.807, 2.05) is 18.0 Å². The minimum Gasteiger partial charge on any atom is -0.309 e. The van der Waals surface area contributed by atoms with Gasteiger partial charge in [0.2, 0.25) is 5.91 Å². The molecule has 5 nitrogen and oxygen atoms in total. The number of hydrogen-bond donors (Lipinski definition) is 0. The number of amides is 1. The number of anilines is 1. The Kier molecular flexibility index (Phi) is 4.43. The van der Waals surface area contributed by atoms with Gasteiger partial charge in [0.1, 0.15) is 0 Å². The highest BCUT2D eigenvalue weighted by molar-refractivity contribution is 5.95. The van der Waals surface area contributed by atoms with E-state index in [-0.39, 0.29) is 5.91 Å². The van der Waals surface area contributed by atoms with Gasteiger partial charge in [-0.25, -0.2) is 0 Å². The van der Waals surface area contributed by atoms with E-state index in [0.29, 0.717) is 6.42 Å². The Hall–Kier alpha value is -1.88. The van der Waals surface area contributed by atoms with Crippen molar-refractivity contribution in [2.24, 2.45) is 0 Å². The van der Waals surface area contributed by atoms with Crippen LogP contribution in [0.5, 0.6) is 0 Å². The fourth-order valence-corrected chi connectivity index (χ4v) is 3.26. The zero-order valence-electron chi connectivity index (χ0n) is 13.5. The van der Waals surface area contributed by atoms with Gasteiger partial charge in [0, 0.05) is 32.6 Å². The Labute approximate surface area is 131 Å². The lowest BCUT2D eigenvalue weighted by Gasteiger charge is -2.29. The lowest BCUT2D eigenvalue weighted by atomic mass is 10.2. The summed E-state index contributed by atoms with van der Waals surface area (Å²) in [7, 11) is 0. The number of carbonyl (C=O) groups is 1. The second-order valence-electron chi connectivity index (χ2n) is 5.92. The topological polar surface area (TPSA) is 41.4 Å². The third-order valence-electron chi connectivity index (χ3n) is 4.45. The molecule has 0 aliphatic carbocycles. The second kappa shape index (κ2) is 6.48. The van der Waals surface area contributed by atoms with Crippen molar-refractivity contribution in [1.82, 2.24) is 14.7 Å². The molecule has 0 unspecified atom stereocenters. The molecule has 0 radical (unpaired) electrons. The normalized spacial score (nSPS) is 20.2. The van der Waals surface area contributed by atoms with E-state index in [2.05, 4.69) is 39.8 Å². The summed E-state index contributed by atoms with van der Waals surface area (Å²) in [5.74, 6) is 0.232. The maximum absolute atomic E-state index is 12.0. The summed E-state index contributed by atoms with van der Waals surface area (Å²) in [4.78, 5) is 16.3. The van der Waals surface area contributed by atoms with Crippen LogP contribution in [-0.2, 0) is 17.9 Å². The number of fused-ring (bicyclic) bond motifs is 1. The number of rotatable bonds is 4. The average Bonchev–Trinajstić information content (AvgIpc) is 3.12. The van der Waals surface area contributed by atoms with Gasteiger partial charge >= 0.3 is 0 Å². The van der Waals surface area contributed by atoms with Crippen molar-refractivity contribution < 1.29 is 4.79 Å². The van der Waals surface area contributed by atoms with Crippen molar-refractivity contribution in [3.05, 3.63) is 35.7 Å². The first-order chi connectivity index (χ1) is 10.7. The maximum Gasteiger partial charge on any atom is 0.227 e. The third kappa shape index (κ3) is 2.86. The highest BCUT2D eigenvalue weighted by atomic mass is 16.2. The van der Waals surface area contributed by atoms with Crippen LogP contribution in [0.2, 0.25) is 0 Å². The van der Waals surface area contributed by atoms with Gasteiger partial charge < -0.3 is 4.90 Å². The minimum atomic E-state index is 0.232. The monoisotopic (exact) mass is 300 g/mol. The van der Waals surface area contributed by atoms with Crippen molar-refractivity contribution in [1.29, 1.82) is 0 Å². The van der Waals surface area contributed by atoms with Crippen LogP contribution in [0.4, 0.5) is 5.69 Å². The largest absolute Gasteiger partial charge is 0.309 e. The third-order valence-corrected chi connectivity index (χ3v) is 4.45. The fourth-order valence-electron chi connectivity index (χ4n) is 3.26. The number of carbonyl (C=O) groups excluding carboxylic acids is 1. The summed E-state index contributed by atoms with van der Waals surface area (Å²) in [5, 5.41) is 4.47. The molecule has 0 spiro atoms. The number of allylic oxidation sites excluding steroid dienone is 2. The van der Waals surface area contributed by atoms with Crippen LogP contribution < -0.4 is 4.90 Å². The molecular weight excluding hydrogens is 276 g/mol. The molecule has 0 aromatic carbocycles. The van der Waals surface area contributed by atoms with E-state index >= 15 is 0 Å². The lowest BCUT2D eigenvalue weighted by Crippen LogP contribution is -2.36. The van der Waals surface area contributed by atoms with Crippen molar-refractivity contribution >= 4 is 11.6 Å². The molecule has 0 bridgehead atoms. The summed E-state index contributed by atoms with van der Waals surface area (Å²) in [6.45, 7) is 8.65. The van der Waals surface area contributed by atoms with Crippen LogP contribution in [0.3, 0.4) is 0 Å². The molecule has 118 valence electrons. The van der Waals surface area contributed by atoms with Crippen LogP contribution >= 0.6 is 0 Å². The first-order valence-corrected chi connectivity index (χ1v) is 8.08. The van der Waals surface area contributed by atoms with E-state index in [4.69, 9.17) is 0 Å². The molecule has 1 fully saturated rings. The lowest BCUT2D eigenvalue weighted by molar-refractivity contribution is -0.117. The molecule has 1 amide bonds. The zero-order valence-corrected chi connectivity index (χ0v) is 13.5. The molecule has 2 aliphatic rings. The molecule has 22 heavy (non-hydrogen) atoms. The predicted octanol–water partition coefficient (Wildman–Crippen LogP) is 2.35. The highest BCUT2D eigenvalue weighted by Gasteiger charge is 2.28. The van der Waals surface area contributed by atoms with E-state index in [1.54, 1.807) is 0 Å². The molecule has 1 aromatic heterocycles. The zero-order chi connectivity index (χ0) is 15.5. The molecular formula is C17H24N4O. The van der Waals surface area contributed by atoms with Crippen LogP contribution in [0.25, 0.3) is 0 Å². The molecule has 0 N–H and O–H groups in total. The van der Waals surface area contributed by atoms with Gasteiger partial charge in [0.25, 0.3) is 0 Å². The Morgan fingerprint density at radius 3 is 2.86 bits per heavy atom. The SMILES string of the molecule is C/C=C\C(=C/C)CN1CCn2ncc(N3CCCC3=O)c2C1. The number of aromatic nitrogens is 2. The molecule has 5 heteroatoms.